The van der Waals surface area contributed by atoms with Gasteiger partial charge in [-0.2, -0.15) is 0 Å². The van der Waals surface area contributed by atoms with Crippen molar-refractivity contribution >= 4 is 17.1 Å². The van der Waals surface area contributed by atoms with E-state index >= 15 is 0 Å². The summed E-state index contributed by atoms with van der Waals surface area (Å²) < 4.78 is 28.6. The number of carbonyl (C=O) groups is 1. The van der Waals surface area contributed by atoms with Crippen LogP contribution in [0.3, 0.4) is 0 Å². The molecule has 0 spiro atoms. The number of nitrogens with zero attached hydrogens (tertiary/aromatic N) is 1. The molecule has 1 aliphatic carbocycles. The minimum absolute atomic E-state index is 0.0401. The Labute approximate surface area is 115 Å². The molecular formula is C13H17F2NO2S. The number of rotatable bonds is 5. The third-order valence-corrected chi connectivity index (χ3v) is 4.18. The van der Waals surface area contributed by atoms with Gasteiger partial charge in [0.1, 0.15) is 6.61 Å². The Bertz CT molecular complexity index is 471. The molecule has 3 nitrogen and oxygen atoms in total. The number of aromatic nitrogens is 1. The maximum Gasteiger partial charge on any atom is 0.261 e. The fraction of sp³-hybridized carbons (Fsp3) is 0.692. The van der Waals surface area contributed by atoms with Crippen molar-refractivity contribution in [3.8, 4) is 0 Å². The van der Waals surface area contributed by atoms with Gasteiger partial charge < -0.3 is 4.74 Å². The van der Waals surface area contributed by atoms with E-state index in [4.69, 9.17) is 4.74 Å². The molecule has 1 aromatic heterocycles. The zero-order valence-electron chi connectivity index (χ0n) is 11.0. The lowest BCUT2D eigenvalue weighted by Crippen LogP contribution is -2.26. The van der Waals surface area contributed by atoms with E-state index in [-0.39, 0.29) is 17.8 Å². The molecule has 0 aromatic carbocycles. The summed E-state index contributed by atoms with van der Waals surface area (Å²) in [6.45, 7) is 3.78. The number of ether oxygens (including phenoxy) is 1. The van der Waals surface area contributed by atoms with Crippen molar-refractivity contribution in [2.75, 3.05) is 13.2 Å². The summed E-state index contributed by atoms with van der Waals surface area (Å²) in [5, 5.41) is 0.797. The average molecular weight is 289 g/mol. The van der Waals surface area contributed by atoms with Gasteiger partial charge in [-0.3, -0.25) is 4.79 Å². The molecule has 0 saturated heterocycles. The van der Waals surface area contributed by atoms with Crippen molar-refractivity contribution < 1.29 is 18.3 Å². The van der Waals surface area contributed by atoms with Gasteiger partial charge in [0.05, 0.1) is 22.2 Å². The second-order valence-corrected chi connectivity index (χ2v) is 6.62. The third kappa shape index (κ3) is 3.79. The molecule has 1 aromatic rings. The Morgan fingerprint density at radius 3 is 2.84 bits per heavy atom. The van der Waals surface area contributed by atoms with E-state index in [1.807, 2.05) is 0 Å². The summed E-state index contributed by atoms with van der Waals surface area (Å²) >= 11 is 1.37. The minimum Gasteiger partial charge on any atom is -0.375 e. The SMILES string of the molecule is CC1(C)CC(=O)c2sc(CCOCC(F)F)nc2C1. The molecule has 19 heavy (non-hydrogen) atoms. The van der Waals surface area contributed by atoms with Crippen LogP contribution in [0.4, 0.5) is 8.78 Å². The van der Waals surface area contributed by atoms with Gasteiger partial charge >= 0.3 is 0 Å². The van der Waals surface area contributed by atoms with E-state index in [2.05, 4.69) is 18.8 Å². The van der Waals surface area contributed by atoms with Gasteiger partial charge in [-0.15, -0.1) is 11.3 Å². The smallest absolute Gasteiger partial charge is 0.261 e. The van der Waals surface area contributed by atoms with Crippen LogP contribution in [0.25, 0.3) is 0 Å². The largest absolute Gasteiger partial charge is 0.375 e. The molecular weight excluding hydrogens is 272 g/mol. The predicted octanol–water partition coefficient (Wildman–Crippen LogP) is 3.12. The highest BCUT2D eigenvalue weighted by atomic mass is 32.1. The molecule has 2 rings (SSSR count). The molecule has 0 bridgehead atoms. The average Bonchev–Trinajstić information content (AvgIpc) is 2.65. The second kappa shape index (κ2) is 5.63. The zero-order chi connectivity index (χ0) is 14.0. The Morgan fingerprint density at radius 1 is 1.42 bits per heavy atom. The number of alkyl halides is 2. The topological polar surface area (TPSA) is 39.2 Å². The lowest BCUT2D eigenvalue weighted by Gasteiger charge is -2.26. The molecule has 0 radical (unpaired) electrons. The van der Waals surface area contributed by atoms with Gasteiger partial charge in [-0.05, 0) is 11.8 Å². The van der Waals surface area contributed by atoms with Gasteiger partial charge in [0.25, 0.3) is 6.43 Å². The normalized spacial score (nSPS) is 17.8. The molecule has 0 aliphatic heterocycles. The van der Waals surface area contributed by atoms with Crippen LogP contribution in [0.15, 0.2) is 0 Å². The summed E-state index contributed by atoms with van der Waals surface area (Å²) in [4.78, 5) is 17.2. The highest BCUT2D eigenvalue weighted by Crippen LogP contribution is 2.36. The Kier molecular flexibility index (Phi) is 4.30. The van der Waals surface area contributed by atoms with Crippen LogP contribution in [0.5, 0.6) is 0 Å². The number of halogens is 2. The molecule has 0 fully saturated rings. The lowest BCUT2D eigenvalue weighted by atomic mass is 9.78. The Morgan fingerprint density at radius 2 is 2.16 bits per heavy atom. The van der Waals surface area contributed by atoms with Crippen LogP contribution in [0.2, 0.25) is 0 Å². The van der Waals surface area contributed by atoms with Crippen LogP contribution >= 0.6 is 11.3 Å². The number of hydrogen-bond donors (Lipinski definition) is 0. The number of ketones is 1. The molecule has 0 N–H and O–H groups in total. The van der Waals surface area contributed by atoms with E-state index in [0.717, 1.165) is 22.0 Å². The van der Waals surface area contributed by atoms with Crippen molar-refractivity contribution in [3.63, 3.8) is 0 Å². The quantitative estimate of drug-likeness (QED) is 0.782. The first-order valence-corrected chi connectivity index (χ1v) is 7.07. The zero-order valence-corrected chi connectivity index (χ0v) is 11.9. The van der Waals surface area contributed by atoms with E-state index in [1.165, 1.54) is 11.3 Å². The molecule has 0 unspecified atom stereocenters. The second-order valence-electron chi connectivity index (χ2n) is 5.54. The molecule has 0 atom stereocenters. The minimum atomic E-state index is -2.44. The third-order valence-electron chi connectivity index (χ3n) is 2.98. The Hall–Kier alpha value is -0.880. The van der Waals surface area contributed by atoms with Crippen molar-refractivity contribution in [1.29, 1.82) is 0 Å². The number of thiazole rings is 1. The first-order valence-electron chi connectivity index (χ1n) is 6.25. The number of Topliss-reactive ketones (excluding diaryl/α,β-unsaturated/α-hetero) is 1. The summed E-state index contributed by atoms with van der Waals surface area (Å²) in [6, 6.07) is 0. The first kappa shape index (κ1) is 14.5. The molecule has 1 aliphatic rings. The summed E-state index contributed by atoms with van der Waals surface area (Å²) in [5.41, 5.74) is 0.817. The van der Waals surface area contributed by atoms with Crippen LogP contribution in [-0.2, 0) is 17.6 Å². The van der Waals surface area contributed by atoms with Gasteiger partial charge in [-0.1, -0.05) is 13.8 Å². The standard InChI is InChI=1S/C13H17F2NO2S/c1-13(2)5-8-12(9(17)6-13)19-11(16-8)3-4-18-7-10(14)15/h10H,3-7H2,1-2H3. The lowest BCUT2D eigenvalue weighted by molar-refractivity contribution is 0.0187. The van der Waals surface area contributed by atoms with Gasteiger partial charge in [0.2, 0.25) is 0 Å². The maximum absolute atomic E-state index is 12.0. The van der Waals surface area contributed by atoms with Crippen LogP contribution in [0.1, 0.15) is 40.6 Å². The van der Waals surface area contributed by atoms with E-state index < -0.39 is 13.0 Å². The fourth-order valence-electron chi connectivity index (χ4n) is 2.21. The predicted molar refractivity (Wildman–Crippen MR) is 69.1 cm³/mol. The molecule has 1 heterocycles. The van der Waals surface area contributed by atoms with E-state index in [0.29, 0.717) is 12.8 Å². The van der Waals surface area contributed by atoms with E-state index in [9.17, 15) is 13.6 Å². The Balaban J connectivity index is 1.97. The van der Waals surface area contributed by atoms with Crippen molar-refractivity contribution in [2.24, 2.45) is 5.41 Å². The van der Waals surface area contributed by atoms with Crippen LogP contribution in [-0.4, -0.2) is 30.4 Å². The molecule has 0 saturated carbocycles. The maximum atomic E-state index is 12.0. The first-order chi connectivity index (χ1) is 8.87. The fourth-order valence-corrected chi connectivity index (χ4v) is 3.21. The summed E-state index contributed by atoms with van der Waals surface area (Å²) in [7, 11) is 0. The number of hydrogen-bond acceptors (Lipinski definition) is 4. The molecule has 6 heteroatoms. The number of carbonyl (C=O) groups excluding carboxylic acids is 1. The molecule has 106 valence electrons. The van der Waals surface area contributed by atoms with Crippen molar-refractivity contribution in [1.82, 2.24) is 4.98 Å². The van der Waals surface area contributed by atoms with Gasteiger partial charge in [0, 0.05) is 12.8 Å². The monoisotopic (exact) mass is 289 g/mol. The molecule has 0 amide bonds. The van der Waals surface area contributed by atoms with E-state index in [1.54, 1.807) is 0 Å². The van der Waals surface area contributed by atoms with Crippen molar-refractivity contribution in [3.05, 3.63) is 15.6 Å². The van der Waals surface area contributed by atoms with Crippen LogP contribution in [0, 0.1) is 5.41 Å². The summed E-state index contributed by atoms with van der Waals surface area (Å²) in [6.07, 6.45) is -0.615. The van der Waals surface area contributed by atoms with Crippen LogP contribution < -0.4 is 0 Å². The van der Waals surface area contributed by atoms with Gasteiger partial charge in [0.15, 0.2) is 5.78 Å². The van der Waals surface area contributed by atoms with Crippen molar-refractivity contribution in [2.45, 2.75) is 39.5 Å². The summed E-state index contributed by atoms with van der Waals surface area (Å²) in [5.74, 6) is 0.142. The highest BCUT2D eigenvalue weighted by molar-refractivity contribution is 7.13. The van der Waals surface area contributed by atoms with Gasteiger partial charge in [-0.25, -0.2) is 13.8 Å². The number of fused-ring (bicyclic) bond motifs is 1. The highest BCUT2D eigenvalue weighted by Gasteiger charge is 2.33.